The van der Waals surface area contributed by atoms with Crippen LogP contribution in [0.15, 0.2) is 60.0 Å². The molecule has 3 aromatic rings. The van der Waals surface area contributed by atoms with Gasteiger partial charge in [0.1, 0.15) is 11.5 Å². The first-order valence-corrected chi connectivity index (χ1v) is 10.4. The van der Waals surface area contributed by atoms with Crippen molar-refractivity contribution < 1.29 is 9.84 Å². The molecule has 0 fully saturated rings. The van der Waals surface area contributed by atoms with Gasteiger partial charge in [-0.25, -0.2) is 0 Å². The molecule has 0 saturated heterocycles. The Balaban J connectivity index is 2.12. The lowest BCUT2D eigenvalue weighted by atomic mass is 9.89. The van der Waals surface area contributed by atoms with E-state index in [2.05, 4.69) is 31.4 Å². The van der Waals surface area contributed by atoms with E-state index in [1.807, 2.05) is 30.3 Å². The molecule has 0 spiro atoms. The largest absolute Gasteiger partial charge is 0.508 e. The molecule has 0 amide bonds. The fourth-order valence-electron chi connectivity index (χ4n) is 3.07. The molecule has 0 radical (unpaired) electrons. The van der Waals surface area contributed by atoms with Crippen LogP contribution in [0.4, 0.5) is 0 Å². The maximum Gasteiger partial charge on any atom is 0.119 e. The minimum atomic E-state index is 0.262. The highest BCUT2D eigenvalue weighted by Gasteiger charge is 2.14. The van der Waals surface area contributed by atoms with Crippen molar-refractivity contribution in [3.8, 4) is 11.5 Å². The SMILES string of the molecule is CCCOc1ccc(/C(=C(\CC)c2csc(Cl)c2)c2ccc(O)cc2)cc1. The molecule has 2 aromatic carbocycles. The maximum absolute atomic E-state index is 9.70. The number of phenols is 1. The van der Waals surface area contributed by atoms with Gasteiger partial charge in [-0.2, -0.15) is 0 Å². The van der Waals surface area contributed by atoms with Crippen LogP contribution in [0.2, 0.25) is 4.34 Å². The lowest BCUT2D eigenvalue weighted by molar-refractivity contribution is 0.317. The van der Waals surface area contributed by atoms with Gasteiger partial charge in [-0.15, -0.1) is 11.3 Å². The highest BCUT2D eigenvalue weighted by atomic mass is 35.5. The molecule has 0 unspecified atom stereocenters. The lowest BCUT2D eigenvalue weighted by Crippen LogP contribution is -1.97. The Morgan fingerprint density at radius 1 is 0.963 bits per heavy atom. The highest BCUT2D eigenvalue weighted by Crippen LogP contribution is 2.37. The zero-order chi connectivity index (χ0) is 19.2. The Morgan fingerprint density at radius 2 is 1.59 bits per heavy atom. The number of ether oxygens (including phenoxy) is 1. The van der Waals surface area contributed by atoms with E-state index >= 15 is 0 Å². The van der Waals surface area contributed by atoms with E-state index in [-0.39, 0.29) is 5.75 Å². The van der Waals surface area contributed by atoms with Crippen molar-refractivity contribution in [2.45, 2.75) is 26.7 Å². The summed E-state index contributed by atoms with van der Waals surface area (Å²) in [7, 11) is 0. The van der Waals surface area contributed by atoms with Gasteiger partial charge in [0.2, 0.25) is 0 Å². The fourth-order valence-corrected chi connectivity index (χ4v) is 3.97. The Morgan fingerprint density at radius 3 is 2.11 bits per heavy atom. The van der Waals surface area contributed by atoms with E-state index < -0.39 is 0 Å². The molecule has 0 bridgehead atoms. The van der Waals surface area contributed by atoms with Crippen LogP contribution in [0.5, 0.6) is 11.5 Å². The van der Waals surface area contributed by atoms with Crippen molar-refractivity contribution in [2.75, 3.05) is 6.61 Å². The van der Waals surface area contributed by atoms with Gasteiger partial charge in [0.05, 0.1) is 10.9 Å². The third-order valence-electron chi connectivity index (χ3n) is 4.34. The first kappa shape index (κ1) is 19.5. The first-order chi connectivity index (χ1) is 13.1. The van der Waals surface area contributed by atoms with Gasteiger partial charge >= 0.3 is 0 Å². The molecular formula is C23H23ClO2S. The quantitative estimate of drug-likeness (QED) is 0.453. The smallest absolute Gasteiger partial charge is 0.119 e. The van der Waals surface area contributed by atoms with Gasteiger partial charge in [0.15, 0.2) is 0 Å². The van der Waals surface area contributed by atoms with Gasteiger partial charge in [-0.05, 0) is 76.4 Å². The highest BCUT2D eigenvalue weighted by molar-refractivity contribution is 7.14. The van der Waals surface area contributed by atoms with E-state index in [0.717, 1.165) is 45.2 Å². The summed E-state index contributed by atoms with van der Waals surface area (Å²) in [5, 5.41) is 11.8. The second kappa shape index (κ2) is 9.12. The number of hydrogen-bond acceptors (Lipinski definition) is 3. The fraction of sp³-hybridized carbons (Fsp3) is 0.217. The number of benzene rings is 2. The third-order valence-corrected chi connectivity index (χ3v) is 5.43. The zero-order valence-electron chi connectivity index (χ0n) is 15.5. The summed E-state index contributed by atoms with van der Waals surface area (Å²) < 4.78 is 6.50. The van der Waals surface area contributed by atoms with Gasteiger partial charge < -0.3 is 9.84 Å². The molecule has 0 atom stereocenters. The molecule has 0 aliphatic carbocycles. The maximum atomic E-state index is 9.70. The van der Waals surface area contributed by atoms with Gasteiger partial charge in [-0.3, -0.25) is 0 Å². The molecule has 2 nitrogen and oxygen atoms in total. The van der Waals surface area contributed by atoms with Gasteiger partial charge in [0, 0.05) is 0 Å². The topological polar surface area (TPSA) is 29.5 Å². The normalized spacial score (nSPS) is 12.0. The Kier molecular flexibility index (Phi) is 6.59. The molecular weight excluding hydrogens is 376 g/mol. The summed E-state index contributed by atoms with van der Waals surface area (Å²) in [5.41, 5.74) is 5.69. The second-order valence-corrected chi connectivity index (χ2v) is 7.81. The number of hydrogen-bond donors (Lipinski definition) is 1. The molecule has 1 heterocycles. The number of allylic oxidation sites excluding steroid dienone is 1. The summed E-state index contributed by atoms with van der Waals surface area (Å²) in [6.07, 6.45) is 1.86. The number of phenolic OH excluding ortho intramolecular Hbond substituents is 1. The number of aromatic hydroxyl groups is 1. The summed E-state index contributed by atoms with van der Waals surface area (Å²) in [4.78, 5) is 0. The molecule has 4 heteroatoms. The van der Waals surface area contributed by atoms with E-state index in [0.29, 0.717) is 6.61 Å². The Bertz CT molecular complexity index is 908. The predicted molar refractivity (Wildman–Crippen MR) is 116 cm³/mol. The predicted octanol–water partition coefficient (Wildman–Crippen LogP) is 7.27. The molecule has 27 heavy (non-hydrogen) atoms. The van der Waals surface area contributed by atoms with Gasteiger partial charge in [-0.1, -0.05) is 49.7 Å². The van der Waals surface area contributed by atoms with Crippen LogP contribution >= 0.6 is 22.9 Å². The third kappa shape index (κ3) is 4.74. The minimum Gasteiger partial charge on any atom is -0.508 e. The summed E-state index contributed by atoms with van der Waals surface area (Å²) >= 11 is 7.74. The Hall–Kier alpha value is -2.23. The van der Waals surface area contributed by atoms with Crippen LogP contribution in [0.25, 0.3) is 11.1 Å². The monoisotopic (exact) mass is 398 g/mol. The summed E-state index contributed by atoms with van der Waals surface area (Å²) in [6, 6.07) is 17.6. The number of halogens is 1. The molecule has 0 aliphatic rings. The molecule has 3 rings (SSSR count). The molecule has 0 aliphatic heterocycles. The average Bonchev–Trinajstić information content (AvgIpc) is 3.12. The summed E-state index contributed by atoms with van der Waals surface area (Å²) in [5.74, 6) is 1.14. The van der Waals surface area contributed by atoms with Crippen molar-refractivity contribution in [3.63, 3.8) is 0 Å². The zero-order valence-corrected chi connectivity index (χ0v) is 17.1. The number of thiophene rings is 1. The first-order valence-electron chi connectivity index (χ1n) is 9.12. The standard InChI is InChI=1S/C23H23ClO2S/c1-3-13-26-20-11-7-17(8-12-20)23(16-5-9-19(25)10-6-16)21(4-2)18-14-22(24)27-15-18/h5-12,14-15,25H,3-4,13H2,1-2H3/b23-21+. The lowest BCUT2D eigenvalue weighted by Gasteiger charge is -2.16. The van der Waals surface area contributed by atoms with Crippen LogP contribution in [0, 0.1) is 0 Å². The van der Waals surface area contributed by atoms with Crippen LogP contribution < -0.4 is 4.74 Å². The van der Waals surface area contributed by atoms with Crippen LogP contribution in [-0.4, -0.2) is 11.7 Å². The average molecular weight is 399 g/mol. The second-order valence-electron chi connectivity index (χ2n) is 6.27. The van der Waals surface area contributed by atoms with E-state index in [1.165, 1.54) is 5.57 Å². The van der Waals surface area contributed by atoms with Gasteiger partial charge in [0.25, 0.3) is 0 Å². The summed E-state index contributed by atoms with van der Waals surface area (Å²) in [6.45, 7) is 4.97. The van der Waals surface area contributed by atoms with Crippen LogP contribution in [-0.2, 0) is 0 Å². The molecule has 0 saturated carbocycles. The van der Waals surface area contributed by atoms with Crippen molar-refractivity contribution >= 4 is 34.1 Å². The van der Waals surface area contributed by atoms with Crippen LogP contribution in [0.3, 0.4) is 0 Å². The van der Waals surface area contributed by atoms with Crippen molar-refractivity contribution in [3.05, 3.63) is 81.0 Å². The van der Waals surface area contributed by atoms with Crippen molar-refractivity contribution in [1.82, 2.24) is 0 Å². The Labute approximate surface area is 169 Å². The van der Waals surface area contributed by atoms with E-state index in [9.17, 15) is 5.11 Å². The molecule has 1 aromatic heterocycles. The van der Waals surface area contributed by atoms with Crippen molar-refractivity contribution in [2.24, 2.45) is 0 Å². The van der Waals surface area contributed by atoms with E-state index in [4.69, 9.17) is 16.3 Å². The van der Waals surface area contributed by atoms with Crippen molar-refractivity contribution in [1.29, 1.82) is 0 Å². The van der Waals surface area contributed by atoms with Crippen LogP contribution in [0.1, 0.15) is 43.4 Å². The number of rotatable bonds is 7. The molecule has 140 valence electrons. The van der Waals surface area contributed by atoms with E-state index in [1.54, 1.807) is 23.5 Å². The minimum absolute atomic E-state index is 0.262. The molecule has 1 N–H and O–H groups in total.